The fraction of sp³-hybridized carbons (Fsp3) is 0.692. The quantitative estimate of drug-likeness (QED) is 0.742. The van der Waals surface area contributed by atoms with Gasteiger partial charge in [-0.3, -0.25) is 9.59 Å². The summed E-state index contributed by atoms with van der Waals surface area (Å²) in [5.41, 5.74) is 0. The summed E-state index contributed by atoms with van der Waals surface area (Å²) in [6.45, 7) is 1.80. The van der Waals surface area contributed by atoms with Crippen LogP contribution in [0, 0.1) is 11.8 Å². The lowest BCUT2D eigenvalue weighted by Crippen LogP contribution is -2.24. The molecule has 90 valence electrons. The molecule has 1 rings (SSSR count). The highest BCUT2D eigenvalue weighted by Gasteiger charge is 2.19. The van der Waals surface area contributed by atoms with E-state index < -0.39 is 0 Å². The van der Waals surface area contributed by atoms with Gasteiger partial charge in [-0.25, -0.2) is 0 Å². The second-order valence-electron chi connectivity index (χ2n) is 4.50. The molecule has 16 heavy (non-hydrogen) atoms. The van der Waals surface area contributed by atoms with Gasteiger partial charge < -0.3 is 5.32 Å². The van der Waals surface area contributed by atoms with Gasteiger partial charge >= 0.3 is 0 Å². The third-order valence-electron chi connectivity index (χ3n) is 3.22. The molecule has 1 saturated carbocycles. The van der Waals surface area contributed by atoms with E-state index in [-0.39, 0.29) is 23.5 Å². The zero-order valence-corrected chi connectivity index (χ0v) is 10.2. The van der Waals surface area contributed by atoms with Gasteiger partial charge in [0.05, 0.1) is 5.92 Å². The average molecular weight is 223 g/mol. The predicted molar refractivity (Wildman–Crippen MR) is 64.0 cm³/mol. The van der Waals surface area contributed by atoms with Gasteiger partial charge in [0.15, 0.2) is 5.78 Å². The van der Waals surface area contributed by atoms with Gasteiger partial charge in [-0.15, -0.1) is 0 Å². The van der Waals surface area contributed by atoms with Gasteiger partial charge in [0.1, 0.15) is 0 Å². The largest absolute Gasteiger partial charge is 0.359 e. The zero-order valence-electron chi connectivity index (χ0n) is 10.2. The third kappa shape index (κ3) is 3.80. The van der Waals surface area contributed by atoms with Crippen LogP contribution < -0.4 is 5.32 Å². The number of nitrogens with one attached hydrogen (secondary N) is 1. The van der Waals surface area contributed by atoms with Crippen molar-refractivity contribution < 1.29 is 9.59 Å². The monoisotopic (exact) mass is 223 g/mol. The van der Waals surface area contributed by atoms with Gasteiger partial charge in [0, 0.05) is 13.0 Å². The van der Waals surface area contributed by atoms with Gasteiger partial charge in [0.2, 0.25) is 5.91 Å². The van der Waals surface area contributed by atoms with Crippen LogP contribution in [-0.4, -0.2) is 18.7 Å². The van der Waals surface area contributed by atoms with Crippen LogP contribution in [0.15, 0.2) is 12.2 Å². The molecule has 1 amide bonds. The Morgan fingerprint density at radius 2 is 1.88 bits per heavy atom. The van der Waals surface area contributed by atoms with E-state index in [1.54, 1.807) is 26.1 Å². The first kappa shape index (κ1) is 12.9. The Bertz CT molecular complexity index is 278. The van der Waals surface area contributed by atoms with Crippen molar-refractivity contribution in [1.29, 1.82) is 0 Å². The van der Waals surface area contributed by atoms with Crippen LogP contribution in [0.5, 0.6) is 0 Å². The summed E-state index contributed by atoms with van der Waals surface area (Å²) in [4.78, 5) is 23.0. The normalized spacial score (nSPS) is 19.6. The number of hydrogen-bond donors (Lipinski definition) is 1. The first-order valence-corrected chi connectivity index (χ1v) is 6.08. The minimum atomic E-state index is -0.224. The van der Waals surface area contributed by atoms with Crippen LogP contribution in [0.3, 0.4) is 0 Å². The van der Waals surface area contributed by atoms with Crippen molar-refractivity contribution in [3.05, 3.63) is 12.2 Å². The van der Waals surface area contributed by atoms with Gasteiger partial charge in [-0.2, -0.15) is 0 Å². The summed E-state index contributed by atoms with van der Waals surface area (Å²) in [6.07, 6.45) is 8.90. The van der Waals surface area contributed by atoms with E-state index >= 15 is 0 Å². The Kier molecular flexibility index (Phi) is 5.23. The number of rotatable bonds is 4. The molecule has 1 aliphatic rings. The number of allylic oxidation sites excluding steroid dienone is 1. The summed E-state index contributed by atoms with van der Waals surface area (Å²) in [6, 6.07) is 0. The maximum atomic E-state index is 11.8. The van der Waals surface area contributed by atoms with Gasteiger partial charge in [-0.05, 0) is 18.9 Å². The van der Waals surface area contributed by atoms with Crippen LogP contribution >= 0.6 is 0 Å². The molecule has 1 aliphatic carbocycles. The first-order chi connectivity index (χ1) is 7.65. The number of amides is 1. The molecule has 1 atom stereocenters. The summed E-state index contributed by atoms with van der Waals surface area (Å²) in [7, 11) is 1.61. The van der Waals surface area contributed by atoms with E-state index in [2.05, 4.69) is 5.32 Å². The van der Waals surface area contributed by atoms with E-state index in [9.17, 15) is 9.59 Å². The minimum absolute atomic E-state index is 0.0484. The molecular formula is C13H21NO2. The van der Waals surface area contributed by atoms with Gasteiger partial charge in [-0.1, -0.05) is 32.3 Å². The van der Waals surface area contributed by atoms with E-state index in [1.807, 2.05) is 0 Å². The van der Waals surface area contributed by atoms with Crippen molar-refractivity contribution >= 4 is 11.7 Å². The molecule has 0 aromatic carbocycles. The minimum Gasteiger partial charge on any atom is -0.359 e. The summed E-state index contributed by atoms with van der Waals surface area (Å²) in [5.74, 6) is 0.113. The molecule has 3 heteroatoms. The molecule has 0 bridgehead atoms. The van der Waals surface area contributed by atoms with E-state index in [0.717, 1.165) is 25.7 Å². The second-order valence-corrected chi connectivity index (χ2v) is 4.50. The molecular weight excluding hydrogens is 202 g/mol. The first-order valence-electron chi connectivity index (χ1n) is 6.08. The fourth-order valence-corrected chi connectivity index (χ4v) is 2.08. The Morgan fingerprint density at radius 1 is 1.25 bits per heavy atom. The highest BCUT2D eigenvalue weighted by molar-refractivity contribution is 5.92. The van der Waals surface area contributed by atoms with E-state index in [1.165, 1.54) is 6.42 Å². The van der Waals surface area contributed by atoms with Crippen molar-refractivity contribution in [2.75, 3.05) is 7.05 Å². The molecule has 0 aliphatic heterocycles. The third-order valence-corrected chi connectivity index (χ3v) is 3.22. The van der Waals surface area contributed by atoms with Crippen LogP contribution in [0.2, 0.25) is 0 Å². The SMILES string of the molecule is CNC(=O)C(C)C=CC(=O)C1CCCCC1. The Hall–Kier alpha value is -1.12. The maximum absolute atomic E-state index is 11.8. The molecule has 0 spiro atoms. The predicted octanol–water partition coefficient (Wildman–Crippen LogP) is 2.07. The van der Waals surface area contributed by atoms with Crippen molar-refractivity contribution in [3.63, 3.8) is 0 Å². The molecule has 3 nitrogen and oxygen atoms in total. The number of carbonyl (C=O) groups excluding carboxylic acids is 2. The molecule has 0 heterocycles. The number of carbonyl (C=O) groups is 2. The topological polar surface area (TPSA) is 46.2 Å². The highest BCUT2D eigenvalue weighted by Crippen LogP contribution is 2.24. The highest BCUT2D eigenvalue weighted by atomic mass is 16.1. The fourth-order valence-electron chi connectivity index (χ4n) is 2.08. The summed E-state index contributed by atoms with van der Waals surface area (Å²) < 4.78 is 0. The Labute approximate surface area is 97.3 Å². The lowest BCUT2D eigenvalue weighted by molar-refractivity contribution is -0.122. The summed E-state index contributed by atoms with van der Waals surface area (Å²) >= 11 is 0. The molecule has 0 aromatic rings. The smallest absolute Gasteiger partial charge is 0.226 e. The van der Waals surface area contributed by atoms with E-state index in [0.29, 0.717) is 0 Å². The van der Waals surface area contributed by atoms with E-state index in [4.69, 9.17) is 0 Å². The number of ketones is 1. The standard InChI is InChI=1S/C13H21NO2/c1-10(13(16)14-2)8-9-12(15)11-6-4-3-5-7-11/h8-11H,3-7H2,1-2H3,(H,14,16). The molecule has 1 unspecified atom stereocenters. The summed E-state index contributed by atoms with van der Waals surface area (Å²) in [5, 5.41) is 2.57. The molecule has 0 saturated heterocycles. The van der Waals surface area contributed by atoms with Crippen LogP contribution in [0.1, 0.15) is 39.0 Å². The lowest BCUT2D eigenvalue weighted by Gasteiger charge is -2.18. The average Bonchev–Trinajstić information content (AvgIpc) is 2.35. The van der Waals surface area contributed by atoms with Crippen LogP contribution in [0.25, 0.3) is 0 Å². The Balaban J connectivity index is 2.43. The Morgan fingerprint density at radius 3 is 2.44 bits per heavy atom. The van der Waals surface area contributed by atoms with Crippen molar-refractivity contribution in [2.24, 2.45) is 11.8 Å². The number of hydrogen-bond acceptors (Lipinski definition) is 2. The van der Waals surface area contributed by atoms with Crippen LogP contribution in [-0.2, 0) is 9.59 Å². The van der Waals surface area contributed by atoms with Crippen molar-refractivity contribution in [3.8, 4) is 0 Å². The zero-order chi connectivity index (χ0) is 12.0. The molecule has 1 N–H and O–H groups in total. The maximum Gasteiger partial charge on any atom is 0.226 e. The molecule has 0 aromatic heterocycles. The van der Waals surface area contributed by atoms with Crippen LogP contribution in [0.4, 0.5) is 0 Å². The molecule has 0 radical (unpaired) electrons. The van der Waals surface area contributed by atoms with Gasteiger partial charge in [0.25, 0.3) is 0 Å². The lowest BCUT2D eigenvalue weighted by atomic mass is 9.86. The van der Waals surface area contributed by atoms with Crippen molar-refractivity contribution in [1.82, 2.24) is 5.32 Å². The van der Waals surface area contributed by atoms with Crippen molar-refractivity contribution in [2.45, 2.75) is 39.0 Å². The molecule has 1 fully saturated rings. The second kappa shape index (κ2) is 6.46.